The molecule has 0 unspecified atom stereocenters. The Morgan fingerprint density at radius 1 is 1.12 bits per heavy atom. The average molecular weight is 249 g/mol. The molecule has 2 rings (SSSR count). The average Bonchev–Trinajstić information content (AvgIpc) is 2.30. The predicted molar refractivity (Wildman–Crippen MR) is 66.1 cm³/mol. The SMILES string of the molecule is O=C(Nc1ccnnc1)Nc1cccc(Cl)c1. The van der Waals surface area contributed by atoms with E-state index in [1.54, 1.807) is 30.3 Å². The van der Waals surface area contributed by atoms with Gasteiger partial charge in [0.15, 0.2) is 0 Å². The van der Waals surface area contributed by atoms with Gasteiger partial charge in [-0.1, -0.05) is 17.7 Å². The van der Waals surface area contributed by atoms with Crippen molar-refractivity contribution >= 4 is 29.0 Å². The second-order valence-corrected chi connectivity index (χ2v) is 3.66. The molecule has 0 saturated carbocycles. The number of carbonyl (C=O) groups excluding carboxylic acids is 1. The molecule has 2 amide bonds. The number of urea groups is 1. The fourth-order valence-electron chi connectivity index (χ4n) is 1.22. The van der Waals surface area contributed by atoms with Crippen molar-refractivity contribution in [3.8, 4) is 0 Å². The van der Waals surface area contributed by atoms with Gasteiger partial charge in [-0.05, 0) is 24.3 Å². The van der Waals surface area contributed by atoms with Crippen LogP contribution in [0.5, 0.6) is 0 Å². The number of aromatic nitrogens is 2. The summed E-state index contributed by atoms with van der Waals surface area (Å²) in [7, 11) is 0. The van der Waals surface area contributed by atoms with Gasteiger partial charge in [-0.15, -0.1) is 0 Å². The zero-order valence-corrected chi connectivity index (χ0v) is 9.48. The van der Waals surface area contributed by atoms with E-state index in [0.717, 1.165) is 0 Å². The van der Waals surface area contributed by atoms with Crippen LogP contribution in [0, 0.1) is 0 Å². The molecular formula is C11H9ClN4O. The van der Waals surface area contributed by atoms with Crippen LogP contribution in [0.2, 0.25) is 5.02 Å². The van der Waals surface area contributed by atoms with Crippen LogP contribution in [0.3, 0.4) is 0 Å². The Morgan fingerprint density at radius 3 is 2.65 bits per heavy atom. The zero-order chi connectivity index (χ0) is 12.1. The molecule has 0 radical (unpaired) electrons. The molecular weight excluding hydrogens is 240 g/mol. The van der Waals surface area contributed by atoms with Crippen molar-refractivity contribution in [3.05, 3.63) is 47.7 Å². The van der Waals surface area contributed by atoms with Gasteiger partial charge in [0.25, 0.3) is 0 Å². The van der Waals surface area contributed by atoms with Crippen LogP contribution in [0.1, 0.15) is 0 Å². The molecule has 5 nitrogen and oxygen atoms in total. The summed E-state index contributed by atoms with van der Waals surface area (Å²) >= 11 is 5.80. The van der Waals surface area contributed by atoms with Crippen LogP contribution < -0.4 is 10.6 Å². The van der Waals surface area contributed by atoms with Crippen LogP contribution in [0.4, 0.5) is 16.2 Å². The van der Waals surface area contributed by atoms with Crippen molar-refractivity contribution in [1.29, 1.82) is 0 Å². The van der Waals surface area contributed by atoms with Gasteiger partial charge in [-0.2, -0.15) is 10.2 Å². The van der Waals surface area contributed by atoms with E-state index >= 15 is 0 Å². The lowest BCUT2D eigenvalue weighted by atomic mass is 10.3. The highest BCUT2D eigenvalue weighted by atomic mass is 35.5. The van der Waals surface area contributed by atoms with E-state index in [1.165, 1.54) is 12.4 Å². The zero-order valence-electron chi connectivity index (χ0n) is 8.72. The summed E-state index contributed by atoms with van der Waals surface area (Å²) < 4.78 is 0. The van der Waals surface area contributed by atoms with Crippen LogP contribution in [0.25, 0.3) is 0 Å². The highest BCUT2D eigenvalue weighted by molar-refractivity contribution is 6.30. The first kappa shape index (κ1) is 11.3. The van der Waals surface area contributed by atoms with Crippen molar-refractivity contribution in [2.24, 2.45) is 0 Å². The van der Waals surface area contributed by atoms with Gasteiger partial charge in [0, 0.05) is 10.7 Å². The summed E-state index contributed by atoms with van der Waals surface area (Å²) in [5.74, 6) is 0. The number of halogens is 1. The molecule has 1 aromatic heterocycles. The molecule has 2 aromatic rings. The Balaban J connectivity index is 1.98. The Labute approximate surface area is 103 Å². The lowest BCUT2D eigenvalue weighted by Crippen LogP contribution is -2.19. The molecule has 0 atom stereocenters. The van der Waals surface area contributed by atoms with Crippen LogP contribution >= 0.6 is 11.6 Å². The summed E-state index contributed by atoms with van der Waals surface area (Å²) in [6.07, 6.45) is 2.95. The fraction of sp³-hybridized carbons (Fsp3) is 0. The number of rotatable bonds is 2. The molecule has 2 N–H and O–H groups in total. The maximum Gasteiger partial charge on any atom is 0.323 e. The molecule has 0 aliphatic heterocycles. The van der Waals surface area contributed by atoms with Gasteiger partial charge in [0.1, 0.15) is 0 Å². The first-order valence-electron chi connectivity index (χ1n) is 4.84. The number of hydrogen-bond donors (Lipinski definition) is 2. The standard InChI is InChI=1S/C11H9ClN4O/c12-8-2-1-3-9(6-8)15-11(17)16-10-4-5-13-14-7-10/h1-7H,(H2,13,15,16,17). The van der Waals surface area contributed by atoms with E-state index in [4.69, 9.17) is 11.6 Å². The predicted octanol–water partition coefficient (Wildman–Crippen LogP) is 2.77. The largest absolute Gasteiger partial charge is 0.323 e. The van der Waals surface area contributed by atoms with Gasteiger partial charge >= 0.3 is 6.03 Å². The van der Waals surface area contributed by atoms with Crippen molar-refractivity contribution < 1.29 is 4.79 Å². The second-order valence-electron chi connectivity index (χ2n) is 3.22. The third-order valence-corrected chi connectivity index (χ3v) is 2.16. The number of amides is 2. The van der Waals surface area contributed by atoms with Crippen molar-refractivity contribution in [2.45, 2.75) is 0 Å². The molecule has 0 bridgehead atoms. The highest BCUT2D eigenvalue weighted by Crippen LogP contribution is 2.15. The Morgan fingerprint density at radius 2 is 1.94 bits per heavy atom. The van der Waals surface area contributed by atoms with Gasteiger partial charge < -0.3 is 10.6 Å². The number of benzene rings is 1. The first-order valence-corrected chi connectivity index (χ1v) is 5.22. The van der Waals surface area contributed by atoms with Crippen molar-refractivity contribution in [3.63, 3.8) is 0 Å². The van der Waals surface area contributed by atoms with Gasteiger partial charge in [0.2, 0.25) is 0 Å². The number of nitrogens with zero attached hydrogens (tertiary/aromatic N) is 2. The summed E-state index contributed by atoms with van der Waals surface area (Å²) in [6, 6.07) is 8.18. The van der Waals surface area contributed by atoms with Crippen LogP contribution in [-0.4, -0.2) is 16.2 Å². The van der Waals surface area contributed by atoms with Crippen LogP contribution in [0.15, 0.2) is 42.7 Å². The number of hydrogen-bond acceptors (Lipinski definition) is 3. The minimum Gasteiger partial charge on any atom is -0.308 e. The second kappa shape index (κ2) is 5.27. The van der Waals surface area contributed by atoms with Crippen molar-refractivity contribution in [2.75, 3.05) is 10.6 Å². The smallest absolute Gasteiger partial charge is 0.308 e. The highest BCUT2D eigenvalue weighted by Gasteiger charge is 2.02. The minimum absolute atomic E-state index is 0.361. The molecule has 1 heterocycles. The third kappa shape index (κ3) is 3.42. The lowest BCUT2D eigenvalue weighted by Gasteiger charge is -2.06. The van der Waals surface area contributed by atoms with Gasteiger partial charge in [-0.25, -0.2) is 4.79 Å². The van der Waals surface area contributed by atoms with Crippen LogP contribution in [-0.2, 0) is 0 Å². The fourth-order valence-corrected chi connectivity index (χ4v) is 1.41. The quantitative estimate of drug-likeness (QED) is 0.859. The van der Waals surface area contributed by atoms with Gasteiger partial charge in [-0.3, -0.25) is 0 Å². The monoisotopic (exact) mass is 248 g/mol. The van der Waals surface area contributed by atoms with E-state index in [-0.39, 0.29) is 6.03 Å². The number of carbonyl (C=O) groups is 1. The summed E-state index contributed by atoms with van der Waals surface area (Å²) in [5.41, 5.74) is 1.19. The topological polar surface area (TPSA) is 66.9 Å². The summed E-state index contributed by atoms with van der Waals surface area (Å²) in [4.78, 5) is 11.6. The summed E-state index contributed by atoms with van der Waals surface area (Å²) in [6.45, 7) is 0. The van der Waals surface area contributed by atoms with E-state index in [0.29, 0.717) is 16.4 Å². The maximum atomic E-state index is 11.6. The molecule has 17 heavy (non-hydrogen) atoms. The van der Waals surface area contributed by atoms with E-state index in [1.807, 2.05) is 0 Å². The molecule has 0 aliphatic rings. The first-order chi connectivity index (χ1) is 8.24. The third-order valence-electron chi connectivity index (χ3n) is 1.92. The molecule has 0 fully saturated rings. The van der Waals surface area contributed by atoms with Crippen molar-refractivity contribution in [1.82, 2.24) is 10.2 Å². The maximum absolute atomic E-state index is 11.6. The molecule has 6 heteroatoms. The number of nitrogens with one attached hydrogen (secondary N) is 2. The minimum atomic E-state index is -0.361. The summed E-state index contributed by atoms with van der Waals surface area (Å²) in [5, 5.41) is 13.1. The molecule has 86 valence electrons. The molecule has 1 aromatic carbocycles. The lowest BCUT2D eigenvalue weighted by molar-refractivity contribution is 0.262. The van der Waals surface area contributed by atoms with E-state index in [9.17, 15) is 4.79 Å². The Hall–Kier alpha value is -2.14. The molecule has 0 aliphatic carbocycles. The normalized spacial score (nSPS) is 9.71. The van der Waals surface area contributed by atoms with E-state index in [2.05, 4.69) is 20.8 Å². The van der Waals surface area contributed by atoms with E-state index < -0.39 is 0 Å². The van der Waals surface area contributed by atoms with Gasteiger partial charge in [0.05, 0.1) is 18.1 Å². The number of anilines is 2. The molecule has 0 spiro atoms. The Bertz CT molecular complexity index is 518. The Kier molecular flexibility index (Phi) is 3.52. The molecule has 0 saturated heterocycles.